The molecule has 2 unspecified atom stereocenters. The Hall–Kier alpha value is -2.32. The minimum Gasteiger partial charge on any atom is -0.494 e. The smallest absolute Gasteiger partial charge is 0.417 e. The zero-order valence-corrected chi connectivity index (χ0v) is 22.0. The molecule has 2 aromatic rings. The Labute approximate surface area is 208 Å². The molecule has 5 nitrogen and oxygen atoms in total. The average Bonchev–Trinajstić information content (AvgIpc) is 3.38. The maximum atomic E-state index is 14.7. The minimum atomic E-state index is -4.72. The van der Waals surface area contributed by atoms with Crippen molar-refractivity contribution in [2.45, 2.75) is 52.5 Å². The monoisotopic (exact) mass is 531 g/mol. The van der Waals surface area contributed by atoms with Crippen molar-refractivity contribution in [3.05, 3.63) is 53.7 Å². The van der Waals surface area contributed by atoms with Crippen LogP contribution in [0.15, 0.2) is 47.9 Å². The molecular formula is C25H31F5N3O2P. The minimum absolute atomic E-state index is 0.163. The SMILES string of the molecule is C\C=C/C(F)=C(F)\C(=C\C1C(C)[C@](C)(C(F)(F)F)O[C@H]1c1nc2c(P(CC)CC)nccc2[nH]1)OC. The number of fused-ring (bicyclic) bond motifs is 1. The normalized spacial score (nSPS) is 26.3. The summed E-state index contributed by atoms with van der Waals surface area (Å²) >= 11 is 0. The number of allylic oxidation sites excluding steroid dienone is 4. The maximum absolute atomic E-state index is 14.7. The van der Waals surface area contributed by atoms with Gasteiger partial charge in [-0.2, -0.15) is 17.6 Å². The summed E-state index contributed by atoms with van der Waals surface area (Å²) in [6.45, 7) is 7.95. The number of hydrogen-bond donors (Lipinski definition) is 1. The molecule has 2 aromatic heterocycles. The fraction of sp³-hybridized carbons (Fsp3) is 0.520. The predicted molar refractivity (Wildman–Crippen MR) is 132 cm³/mol. The first-order valence-electron chi connectivity index (χ1n) is 11.7. The molecule has 1 aliphatic heterocycles. The molecular weight excluding hydrogens is 500 g/mol. The third-order valence-electron chi connectivity index (χ3n) is 6.77. The molecule has 1 N–H and O–H groups in total. The number of aromatic amines is 1. The Kier molecular flexibility index (Phi) is 8.61. The summed E-state index contributed by atoms with van der Waals surface area (Å²) in [6.07, 6.45) is 0.831. The van der Waals surface area contributed by atoms with Gasteiger partial charge in [-0.3, -0.25) is 4.98 Å². The number of H-pyrrole nitrogens is 1. The Morgan fingerprint density at radius 1 is 1.28 bits per heavy atom. The summed E-state index contributed by atoms with van der Waals surface area (Å²) in [5.74, 6) is -5.06. The largest absolute Gasteiger partial charge is 0.494 e. The highest BCUT2D eigenvalue weighted by Crippen LogP contribution is 2.55. The summed E-state index contributed by atoms with van der Waals surface area (Å²) in [7, 11) is 0.535. The number of rotatable bonds is 8. The fourth-order valence-corrected chi connectivity index (χ4v) is 6.19. The number of nitrogens with one attached hydrogen (secondary N) is 1. The Morgan fingerprint density at radius 2 is 1.94 bits per heavy atom. The lowest BCUT2D eigenvalue weighted by Crippen LogP contribution is -2.46. The van der Waals surface area contributed by atoms with Gasteiger partial charge in [0.2, 0.25) is 0 Å². The second-order valence-electron chi connectivity index (χ2n) is 8.73. The first-order chi connectivity index (χ1) is 16.9. The van der Waals surface area contributed by atoms with E-state index >= 15 is 0 Å². The topological polar surface area (TPSA) is 60.0 Å². The maximum Gasteiger partial charge on any atom is 0.417 e. The van der Waals surface area contributed by atoms with E-state index in [4.69, 9.17) is 9.47 Å². The summed E-state index contributed by atoms with van der Waals surface area (Å²) in [5.41, 5.74) is -0.536. The van der Waals surface area contributed by atoms with Gasteiger partial charge in [0.15, 0.2) is 23.0 Å². The number of hydrogen-bond acceptors (Lipinski definition) is 4. The molecule has 3 rings (SSSR count). The molecule has 0 aromatic carbocycles. The van der Waals surface area contributed by atoms with Crippen molar-refractivity contribution in [1.29, 1.82) is 0 Å². The molecule has 0 saturated carbocycles. The highest BCUT2D eigenvalue weighted by Gasteiger charge is 2.64. The fourth-order valence-electron chi connectivity index (χ4n) is 4.45. The Balaban J connectivity index is 2.19. The first-order valence-corrected chi connectivity index (χ1v) is 13.4. The van der Waals surface area contributed by atoms with E-state index in [2.05, 4.69) is 28.8 Å². The third kappa shape index (κ3) is 5.07. The van der Waals surface area contributed by atoms with Crippen LogP contribution in [0, 0.1) is 11.8 Å². The first kappa shape index (κ1) is 28.3. The van der Waals surface area contributed by atoms with Crippen LogP contribution >= 0.6 is 7.92 Å². The van der Waals surface area contributed by atoms with E-state index in [1.54, 1.807) is 12.3 Å². The molecule has 3 heterocycles. The number of pyridine rings is 1. The molecule has 36 heavy (non-hydrogen) atoms. The van der Waals surface area contributed by atoms with E-state index in [-0.39, 0.29) is 5.82 Å². The molecule has 0 aliphatic carbocycles. The quantitative estimate of drug-likeness (QED) is 0.172. The van der Waals surface area contributed by atoms with Crippen LogP contribution in [0.4, 0.5) is 22.0 Å². The molecule has 1 aliphatic rings. The van der Waals surface area contributed by atoms with Crippen LogP contribution in [0.2, 0.25) is 0 Å². The Morgan fingerprint density at radius 3 is 2.50 bits per heavy atom. The van der Waals surface area contributed by atoms with Gasteiger partial charge >= 0.3 is 6.18 Å². The Bertz CT molecular complexity index is 1170. The number of nitrogens with zero attached hydrogens (tertiary/aromatic N) is 2. The zero-order chi connectivity index (χ0) is 26.8. The van der Waals surface area contributed by atoms with Gasteiger partial charge < -0.3 is 14.5 Å². The van der Waals surface area contributed by atoms with E-state index in [9.17, 15) is 22.0 Å². The van der Waals surface area contributed by atoms with Gasteiger partial charge in [-0.25, -0.2) is 9.37 Å². The molecule has 0 bridgehead atoms. The van der Waals surface area contributed by atoms with Crippen LogP contribution in [0.5, 0.6) is 0 Å². The lowest BCUT2D eigenvalue weighted by atomic mass is 9.80. The van der Waals surface area contributed by atoms with Crippen molar-refractivity contribution < 1.29 is 31.4 Å². The number of halogens is 5. The average molecular weight is 532 g/mol. The predicted octanol–water partition coefficient (Wildman–Crippen LogP) is 7.01. The highest BCUT2D eigenvalue weighted by atomic mass is 31.1. The molecule has 1 fully saturated rings. The summed E-state index contributed by atoms with van der Waals surface area (Å²) < 4.78 is 82.1. The summed E-state index contributed by atoms with van der Waals surface area (Å²) in [4.78, 5) is 12.2. The number of imidazole rings is 1. The second-order valence-corrected chi connectivity index (χ2v) is 11.5. The molecule has 198 valence electrons. The second kappa shape index (κ2) is 11.0. The van der Waals surface area contributed by atoms with Gasteiger partial charge in [0.05, 0.1) is 18.1 Å². The molecule has 0 radical (unpaired) electrons. The van der Waals surface area contributed by atoms with E-state index in [0.717, 1.165) is 43.9 Å². The van der Waals surface area contributed by atoms with Crippen molar-refractivity contribution in [3.63, 3.8) is 0 Å². The van der Waals surface area contributed by atoms with Crippen LogP contribution in [-0.2, 0) is 9.47 Å². The molecule has 11 heteroatoms. The van der Waals surface area contributed by atoms with Crippen LogP contribution in [0.1, 0.15) is 46.5 Å². The molecule has 4 atom stereocenters. The summed E-state index contributed by atoms with van der Waals surface area (Å²) in [5, 5.41) is 0. The van der Waals surface area contributed by atoms with Crippen molar-refractivity contribution >= 4 is 24.4 Å². The van der Waals surface area contributed by atoms with Gasteiger partial charge in [-0.15, -0.1) is 0 Å². The number of alkyl halides is 3. The molecule has 0 amide bonds. The van der Waals surface area contributed by atoms with Crippen molar-refractivity contribution in [2.24, 2.45) is 11.8 Å². The van der Waals surface area contributed by atoms with Crippen molar-refractivity contribution in [1.82, 2.24) is 15.0 Å². The van der Waals surface area contributed by atoms with Gasteiger partial charge in [-0.05, 0) is 44.4 Å². The van der Waals surface area contributed by atoms with E-state index < -0.39 is 55.1 Å². The van der Waals surface area contributed by atoms with Gasteiger partial charge in [0.1, 0.15) is 17.4 Å². The van der Waals surface area contributed by atoms with Crippen LogP contribution in [-0.4, -0.2) is 46.2 Å². The van der Waals surface area contributed by atoms with Crippen LogP contribution in [0.25, 0.3) is 11.0 Å². The lowest BCUT2D eigenvalue weighted by Gasteiger charge is -2.31. The van der Waals surface area contributed by atoms with E-state index in [0.29, 0.717) is 11.0 Å². The van der Waals surface area contributed by atoms with Gasteiger partial charge in [0.25, 0.3) is 0 Å². The molecule has 0 spiro atoms. The van der Waals surface area contributed by atoms with Crippen molar-refractivity contribution in [3.8, 4) is 0 Å². The standard InChI is InChI=1S/C25H31F5N3O2P/c1-7-10-16(26)19(27)18(34-6)13-15-14(4)24(5,25(28,29)30)35-21(15)22-32-17-11-12-31-23(20(17)33-22)36(8-2)9-3/h7,10-15,21H,8-9H2,1-6H3,(H,32,33)/b10-7-,18-13-,19-16-/t14?,15?,21-,24-/m1/s1. The number of aromatic nitrogens is 3. The lowest BCUT2D eigenvalue weighted by molar-refractivity contribution is -0.275. The van der Waals surface area contributed by atoms with Gasteiger partial charge in [0, 0.05) is 18.0 Å². The summed E-state index contributed by atoms with van der Waals surface area (Å²) in [6, 6.07) is 1.70. The molecule has 1 saturated heterocycles. The zero-order valence-electron chi connectivity index (χ0n) is 21.1. The van der Waals surface area contributed by atoms with E-state index in [1.807, 2.05) is 0 Å². The number of ether oxygens (including phenoxy) is 2. The van der Waals surface area contributed by atoms with Gasteiger partial charge in [-0.1, -0.05) is 34.8 Å². The van der Waals surface area contributed by atoms with Crippen LogP contribution < -0.4 is 5.44 Å². The van der Waals surface area contributed by atoms with Crippen molar-refractivity contribution in [2.75, 3.05) is 19.4 Å². The third-order valence-corrected chi connectivity index (χ3v) is 9.22. The van der Waals surface area contributed by atoms with Crippen LogP contribution in [0.3, 0.4) is 0 Å². The highest BCUT2D eigenvalue weighted by molar-refractivity contribution is 7.65. The van der Waals surface area contributed by atoms with E-state index in [1.165, 1.54) is 19.9 Å². The number of methoxy groups -OCH3 is 1.